The lowest BCUT2D eigenvalue weighted by Crippen LogP contribution is -2.37. The number of amides is 1. The smallest absolute Gasteiger partial charge is 0.306 e. The van der Waals surface area contributed by atoms with Crippen LogP contribution in [0.15, 0.2) is 0 Å². The first kappa shape index (κ1) is 31.9. The Labute approximate surface area is 204 Å². The maximum Gasteiger partial charge on any atom is 0.306 e. The molecule has 1 amide bonds. The maximum absolute atomic E-state index is 12.4. The molecule has 196 valence electrons. The van der Waals surface area contributed by atoms with E-state index in [1.165, 1.54) is 83.5 Å². The highest BCUT2D eigenvalue weighted by Crippen LogP contribution is 2.16. The molecule has 0 saturated heterocycles. The van der Waals surface area contributed by atoms with E-state index >= 15 is 0 Å². The van der Waals surface area contributed by atoms with E-state index in [0.29, 0.717) is 6.42 Å². The molecule has 2 N–H and O–H groups in total. The van der Waals surface area contributed by atoms with Gasteiger partial charge in [-0.05, 0) is 26.2 Å². The van der Waals surface area contributed by atoms with Crippen molar-refractivity contribution < 1.29 is 19.4 Å². The molecule has 0 heterocycles. The number of carbonyl (C=O) groups is 2. The normalized spacial score (nSPS) is 13.0. The summed E-state index contributed by atoms with van der Waals surface area (Å²) in [5, 5.41) is 11.9. The zero-order valence-electron chi connectivity index (χ0n) is 22.2. The Kier molecular flexibility index (Phi) is 23.2. The quantitative estimate of drug-likeness (QED) is 0.115. The lowest BCUT2D eigenvalue weighted by Gasteiger charge is -2.19. The summed E-state index contributed by atoms with van der Waals surface area (Å²) in [6.07, 6.45) is 21.7. The first-order chi connectivity index (χ1) is 16.0. The third kappa shape index (κ3) is 22.5. The molecule has 5 heteroatoms. The van der Waals surface area contributed by atoms with Gasteiger partial charge in [0, 0.05) is 12.5 Å². The molecule has 0 bridgehead atoms. The zero-order chi connectivity index (χ0) is 24.6. The Hall–Kier alpha value is -1.10. The summed E-state index contributed by atoms with van der Waals surface area (Å²) in [5.41, 5.74) is 0. The van der Waals surface area contributed by atoms with Crippen LogP contribution in [0.4, 0.5) is 0 Å². The van der Waals surface area contributed by atoms with Gasteiger partial charge < -0.3 is 15.2 Å². The monoisotopic (exact) mass is 469 g/mol. The second kappa shape index (κ2) is 24.0. The SMILES string of the molecule is CCCCCCCCCCC[C@H](CC(=O)N[C@@H](C)CO)OC(=O)CCCCCCCCCC. The molecule has 0 spiro atoms. The van der Waals surface area contributed by atoms with Gasteiger partial charge in [-0.25, -0.2) is 0 Å². The first-order valence-electron chi connectivity index (χ1n) is 14.1. The lowest BCUT2D eigenvalue weighted by molar-refractivity contribution is -0.151. The van der Waals surface area contributed by atoms with Crippen LogP contribution in [0.25, 0.3) is 0 Å². The fourth-order valence-electron chi connectivity index (χ4n) is 4.12. The molecule has 0 radical (unpaired) electrons. The van der Waals surface area contributed by atoms with Crippen LogP contribution >= 0.6 is 0 Å². The molecular formula is C28H55NO4. The van der Waals surface area contributed by atoms with Crippen LogP contribution in [-0.2, 0) is 14.3 Å². The highest BCUT2D eigenvalue weighted by atomic mass is 16.5. The molecule has 2 atom stereocenters. The van der Waals surface area contributed by atoms with Crippen molar-refractivity contribution in [2.24, 2.45) is 0 Å². The summed E-state index contributed by atoms with van der Waals surface area (Å²) in [5.74, 6) is -0.331. The molecule has 0 aliphatic rings. The van der Waals surface area contributed by atoms with E-state index in [9.17, 15) is 9.59 Å². The number of hydrogen-bond donors (Lipinski definition) is 2. The molecule has 0 aromatic heterocycles. The van der Waals surface area contributed by atoms with E-state index in [0.717, 1.165) is 32.1 Å². The Morgan fingerprint density at radius 1 is 0.727 bits per heavy atom. The largest absolute Gasteiger partial charge is 0.462 e. The summed E-state index contributed by atoms with van der Waals surface area (Å²) in [7, 11) is 0. The van der Waals surface area contributed by atoms with Gasteiger partial charge in [0.1, 0.15) is 6.10 Å². The molecular weight excluding hydrogens is 414 g/mol. The minimum atomic E-state index is -0.359. The number of esters is 1. The number of aliphatic hydroxyl groups is 1. The van der Waals surface area contributed by atoms with Crippen LogP contribution in [0.1, 0.15) is 149 Å². The summed E-state index contributed by atoms with van der Waals surface area (Å²) in [6.45, 7) is 6.14. The van der Waals surface area contributed by atoms with Crippen molar-refractivity contribution in [3.05, 3.63) is 0 Å². The number of carbonyl (C=O) groups excluding carboxylic acids is 2. The predicted molar refractivity (Wildman–Crippen MR) is 138 cm³/mol. The minimum Gasteiger partial charge on any atom is -0.462 e. The molecule has 5 nitrogen and oxygen atoms in total. The van der Waals surface area contributed by atoms with Crippen molar-refractivity contribution in [3.63, 3.8) is 0 Å². The lowest BCUT2D eigenvalue weighted by atomic mass is 10.0. The molecule has 0 aromatic rings. The van der Waals surface area contributed by atoms with Crippen LogP contribution in [-0.4, -0.2) is 35.7 Å². The maximum atomic E-state index is 12.4. The van der Waals surface area contributed by atoms with Crippen LogP contribution in [0, 0.1) is 0 Å². The molecule has 0 unspecified atom stereocenters. The third-order valence-corrected chi connectivity index (χ3v) is 6.26. The van der Waals surface area contributed by atoms with Gasteiger partial charge in [0.05, 0.1) is 13.0 Å². The second-order valence-corrected chi connectivity index (χ2v) is 9.81. The van der Waals surface area contributed by atoms with Gasteiger partial charge in [-0.15, -0.1) is 0 Å². The molecule has 0 aliphatic heterocycles. The Morgan fingerprint density at radius 2 is 1.18 bits per heavy atom. The van der Waals surface area contributed by atoms with Crippen LogP contribution in [0.3, 0.4) is 0 Å². The number of unbranched alkanes of at least 4 members (excludes halogenated alkanes) is 15. The topological polar surface area (TPSA) is 75.6 Å². The van der Waals surface area contributed by atoms with Crippen molar-refractivity contribution in [1.82, 2.24) is 5.32 Å². The van der Waals surface area contributed by atoms with Gasteiger partial charge in [0.25, 0.3) is 0 Å². The van der Waals surface area contributed by atoms with Gasteiger partial charge in [-0.2, -0.15) is 0 Å². The van der Waals surface area contributed by atoms with Crippen molar-refractivity contribution in [2.75, 3.05) is 6.61 Å². The number of rotatable bonds is 24. The van der Waals surface area contributed by atoms with Gasteiger partial charge in [0.15, 0.2) is 0 Å². The van der Waals surface area contributed by atoms with Crippen LogP contribution in [0.2, 0.25) is 0 Å². The molecule has 0 saturated carbocycles. The summed E-state index contributed by atoms with van der Waals surface area (Å²) >= 11 is 0. The highest BCUT2D eigenvalue weighted by Gasteiger charge is 2.19. The average Bonchev–Trinajstić information content (AvgIpc) is 2.79. The fraction of sp³-hybridized carbons (Fsp3) is 0.929. The molecule has 0 rings (SSSR count). The van der Waals surface area contributed by atoms with Crippen molar-refractivity contribution in [1.29, 1.82) is 0 Å². The van der Waals surface area contributed by atoms with Gasteiger partial charge in [-0.3, -0.25) is 9.59 Å². The summed E-state index contributed by atoms with van der Waals surface area (Å²) in [4.78, 5) is 24.6. The number of nitrogens with one attached hydrogen (secondary N) is 1. The van der Waals surface area contributed by atoms with E-state index < -0.39 is 0 Å². The minimum absolute atomic E-state index is 0.0904. The van der Waals surface area contributed by atoms with E-state index in [4.69, 9.17) is 9.84 Å². The first-order valence-corrected chi connectivity index (χ1v) is 14.1. The molecule has 33 heavy (non-hydrogen) atoms. The Balaban J connectivity index is 4.17. The molecule has 0 aliphatic carbocycles. The van der Waals surface area contributed by atoms with Gasteiger partial charge >= 0.3 is 5.97 Å². The van der Waals surface area contributed by atoms with E-state index in [2.05, 4.69) is 19.2 Å². The number of hydrogen-bond acceptors (Lipinski definition) is 4. The van der Waals surface area contributed by atoms with E-state index in [1.807, 2.05) is 0 Å². The average molecular weight is 470 g/mol. The summed E-state index contributed by atoms with van der Waals surface area (Å²) in [6, 6.07) is -0.279. The molecule has 0 fully saturated rings. The summed E-state index contributed by atoms with van der Waals surface area (Å²) < 4.78 is 5.71. The fourth-order valence-corrected chi connectivity index (χ4v) is 4.12. The number of ether oxygens (including phenoxy) is 1. The van der Waals surface area contributed by atoms with Crippen molar-refractivity contribution >= 4 is 11.9 Å². The highest BCUT2D eigenvalue weighted by molar-refractivity contribution is 5.77. The van der Waals surface area contributed by atoms with Crippen LogP contribution in [0.5, 0.6) is 0 Å². The van der Waals surface area contributed by atoms with Gasteiger partial charge in [-0.1, -0.05) is 110 Å². The number of aliphatic hydroxyl groups excluding tert-OH is 1. The second-order valence-electron chi connectivity index (χ2n) is 9.81. The Bertz CT molecular complexity index is 455. The standard InChI is InChI=1S/C28H55NO4/c1-4-6-8-10-12-14-15-17-19-21-26(23-27(31)29-25(3)24-30)33-28(32)22-20-18-16-13-11-9-7-5-2/h25-26,30H,4-24H2,1-3H3,(H,29,31)/t25-,26+/m0/s1. The Morgan fingerprint density at radius 3 is 1.67 bits per heavy atom. The van der Waals surface area contributed by atoms with Crippen molar-refractivity contribution in [2.45, 2.75) is 161 Å². The van der Waals surface area contributed by atoms with E-state index in [1.54, 1.807) is 6.92 Å². The predicted octanol–water partition coefficient (Wildman–Crippen LogP) is 7.24. The van der Waals surface area contributed by atoms with Gasteiger partial charge in [0.2, 0.25) is 5.91 Å². The molecule has 0 aromatic carbocycles. The zero-order valence-corrected chi connectivity index (χ0v) is 22.2. The van der Waals surface area contributed by atoms with Crippen LogP contribution < -0.4 is 5.32 Å². The van der Waals surface area contributed by atoms with E-state index in [-0.39, 0.29) is 37.0 Å². The van der Waals surface area contributed by atoms with Crippen molar-refractivity contribution in [3.8, 4) is 0 Å². The third-order valence-electron chi connectivity index (χ3n) is 6.26.